The van der Waals surface area contributed by atoms with Crippen LogP contribution in [0.2, 0.25) is 0 Å². The van der Waals surface area contributed by atoms with Crippen LogP contribution in [0.4, 0.5) is 17.1 Å². The number of hydrogen-bond acceptors (Lipinski definition) is 2. The summed E-state index contributed by atoms with van der Waals surface area (Å²) < 4.78 is 82.5. The topological polar surface area (TPSA) is 16.4 Å². The quantitative estimate of drug-likeness (QED) is 0.161. The minimum atomic E-state index is -0.404. The monoisotopic (exact) mass is 747 g/mol. The number of anilines is 3. The smallest absolute Gasteiger partial charge is 0.143 e. The van der Waals surface area contributed by atoms with Crippen molar-refractivity contribution in [1.29, 1.82) is 0 Å². The van der Waals surface area contributed by atoms with Crippen molar-refractivity contribution in [3.05, 3.63) is 224 Å². The molecule has 0 aliphatic carbocycles. The second-order valence-electron chi connectivity index (χ2n) is 14.2. The van der Waals surface area contributed by atoms with Gasteiger partial charge in [0.2, 0.25) is 0 Å². The fraction of sp³-hybridized carbons (Fsp3) is 0. The van der Waals surface area contributed by atoms with Gasteiger partial charge in [0.15, 0.2) is 0 Å². The van der Waals surface area contributed by atoms with E-state index in [1.165, 1.54) is 4.90 Å². The summed E-state index contributed by atoms with van der Waals surface area (Å²) >= 11 is 0. The molecule has 0 fully saturated rings. The van der Waals surface area contributed by atoms with Gasteiger partial charge in [-0.1, -0.05) is 176 Å². The number of rotatable bonds is 7. The van der Waals surface area contributed by atoms with E-state index in [0.717, 1.165) is 65.7 Å². The predicted octanol–water partition coefficient (Wildman–Crippen LogP) is 16.0. The summed E-state index contributed by atoms with van der Waals surface area (Å²) in [6.45, 7) is 0. The molecule has 11 rings (SSSR count). The van der Waals surface area contributed by atoms with E-state index >= 15 is 0 Å². The molecule has 1 aromatic heterocycles. The van der Waals surface area contributed by atoms with Crippen LogP contribution in [0, 0.1) is 0 Å². The number of furan rings is 1. The SMILES string of the molecule is [2H]c1c([2H])c(N(c2ccc(-c3cccc4oc5c6ccccc6ccc5c34)cc2)c2c([2H])c([2H])c(-c3cccc4ccccc34)c([2H])c2[2H])c([2H])c([2H])c1-c1ccc(-c2ccccc2)cc1. The van der Waals surface area contributed by atoms with Crippen LogP contribution < -0.4 is 4.90 Å². The molecule has 0 N–H and O–H groups in total. The summed E-state index contributed by atoms with van der Waals surface area (Å²) in [5.74, 6) is 0. The van der Waals surface area contributed by atoms with E-state index < -0.39 is 24.2 Å². The fourth-order valence-electron chi connectivity index (χ4n) is 7.97. The Morgan fingerprint density at radius 2 is 0.862 bits per heavy atom. The minimum absolute atomic E-state index is 0.0997. The molecule has 0 saturated heterocycles. The summed E-state index contributed by atoms with van der Waals surface area (Å²) in [5, 5.41) is 5.60. The normalized spacial score (nSPS) is 13.4. The van der Waals surface area contributed by atoms with Gasteiger partial charge in [-0.15, -0.1) is 0 Å². The van der Waals surface area contributed by atoms with Crippen LogP contribution in [-0.2, 0) is 0 Å². The molecule has 1 heterocycles. The molecular weight excluding hydrogens is 703 g/mol. The second-order valence-corrected chi connectivity index (χ2v) is 14.2. The van der Waals surface area contributed by atoms with Crippen molar-refractivity contribution in [3.8, 4) is 44.5 Å². The first-order chi connectivity index (χ1) is 32.1. The summed E-state index contributed by atoms with van der Waals surface area (Å²) in [5.41, 5.74) is 6.28. The highest BCUT2D eigenvalue weighted by molar-refractivity contribution is 6.19. The molecule has 0 atom stereocenters. The molecule has 0 spiro atoms. The molecule has 0 unspecified atom stereocenters. The third kappa shape index (κ3) is 5.91. The van der Waals surface area contributed by atoms with Gasteiger partial charge in [-0.25, -0.2) is 0 Å². The van der Waals surface area contributed by atoms with Crippen LogP contribution in [0.25, 0.3) is 88.0 Å². The maximum atomic E-state index is 9.60. The first-order valence-electron chi connectivity index (χ1n) is 23.2. The summed E-state index contributed by atoms with van der Waals surface area (Å²) in [6, 6.07) is 52.8. The van der Waals surface area contributed by atoms with Gasteiger partial charge < -0.3 is 9.32 Å². The molecule has 10 aromatic carbocycles. The molecule has 0 amide bonds. The largest absolute Gasteiger partial charge is 0.455 e. The Kier molecular flexibility index (Phi) is 6.38. The number of benzene rings is 10. The van der Waals surface area contributed by atoms with E-state index in [4.69, 9.17) is 4.42 Å². The van der Waals surface area contributed by atoms with E-state index in [2.05, 4.69) is 18.2 Å². The van der Waals surface area contributed by atoms with Gasteiger partial charge in [0.1, 0.15) is 11.2 Å². The maximum absolute atomic E-state index is 9.60. The highest BCUT2D eigenvalue weighted by Gasteiger charge is 2.17. The van der Waals surface area contributed by atoms with E-state index in [-0.39, 0.29) is 46.7 Å². The van der Waals surface area contributed by atoms with E-state index in [1.54, 1.807) is 30.3 Å². The molecule has 2 heteroatoms. The predicted molar refractivity (Wildman–Crippen MR) is 245 cm³/mol. The van der Waals surface area contributed by atoms with Crippen LogP contribution in [0.5, 0.6) is 0 Å². The maximum Gasteiger partial charge on any atom is 0.143 e. The highest BCUT2D eigenvalue weighted by atomic mass is 16.3. The third-order valence-electron chi connectivity index (χ3n) is 10.8. The lowest BCUT2D eigenvalue weighted by Gasteiger charge is -2.26. The first-order valence-corrected chi connectivity index (χ1v) is 19.2. The van der Waals surface area contributed by atoms with Crippen molar-refractivity contribution >= 4 is 60.5 Å². The lowest BCUT2D eigenvalue weighted by atomic mass is 9.97. The van der Waals surface area contributed by atoms with Crippen LogP contribution in [0.1, 0.15) is 11.0 Å². The Labute approximate surface area is 348 Å². The molecule has 2 nitrogen and oxygen atoms in total. The molecule has 11 aromatic rings. The molecular formula is C56H37NO. The van der Waals surface area contributed by atoms with Gasteiger partial charge in [0.05, 0.1) is 11.0 Å². The van der Waals surface area contributed by atoms with Gasteiger partial charge in [0.25, 0.3) is 0 Å². The van der Waals surface area contributed by atoms with Crippen molar-refractivity contribution in [2.45, 2.75) is 0 Å². The van der Waals surface area contributed by atoms with Crippen molar-refractivity contribution < 1.29 is 15.4 Å². The number of hydrogen-bond donors (Lipinski definition) is 0. The number of fused-ring (bicyclic) bond motifs is 6. The number of nitrogens with zero attached hydrogens (tertiary/aromatic N) is 1. The van der Waals surface area contributed by atoms with Crippen LogP contribution in [0.3, 0.4) is 0 Å². The second kappa shape index (κ2) is 14.1. The zero-order valence-corrected chi connectivity index (χ0v) is 31.1. The lowest BCUT2D eigenvalue weighted by molar-refractivity contribution is 0.673. The van der Waals surface area contributed by atoms with Crippen molar-refractivity contribution in [2.75, 3.05) is 4.90 Å². The average Bonchev–Trinajstić information content (AvgIpc) is 3.75. The first kappa shape index (κ1) is 26.2. The fourth-order valence-corrected chi connectivity index (χ4v) is 7.97. The Morgan fingerprint density at radius 1 is 0.328 bits per heavy atom. The van der Waals surface area contributed by atoms with Crippen molar-refractivity contribution in [2.24, 2.45) is 0 Å². The third-order valence-corrected chi connectivity index (χ3v) is 10.8. The molecule has 0 bridgehead atoms. The molecule has 0 saturated carbocycles. The molecule has 0 radical (unpaired) electrons. The van der Waals surface area contributed by atoms with E-state index in [0.29, 0.717) is 16.8 Å². The lowest BCUT2D eigenvalue weighted by Crippen LogP contribution is -2.09. The van der Waals surface area contributed by atoms with E-state index in [1.807, 2.05) is 127 Å². The van der Waals surface area contributed by atoms with Crippen LogP contribution in [0.15, 0.2) is 229 Å². The van der Waals surface area contributed by atoms with Crippen LogP contribution in [-0.4, -0.2) is 0 Å². The molecule has 272 valence electrons. The van der Waals surface area contributed by atoms with Crippen LogP contribution >= 0.6 is 0 Å². The van der Waals surface area contributed by atoms with Crippen molar-refractivity contribution in [1.82, 2.24) is 0 Å². The highest BCUT2D eigenvalue weighted by Crippen LogP contribution is 2.42. The van der Waals surface area contributed by atoms with E-state index in [9.17, 15) is 11.0 Å². The molecule has 0 aliphatic rings. The summed E-state index contributed by atoms with van der Waals surface area (Å²) in [4.78, 5) is 1.35. The van der Waals surface area contributed by atoms with Gasteiger partial charge in [-0.05, 0) is 109 Å². The zero-order valence-electron chi connectivity index (χ0n) is 39.1. The van der Waals surface area contributed by atoms with Gasteiger partial charge in [0, 0.05) is 33.2 Å². The Balaban J connectivity index is 1.11. The summed E-state index contributed by atoms with van der Waals surface area (Å²) in [7, 11) is 0. The Morgan fingerprint density at radius 3 is 1.59 bits per heavy atom. The summed E-state index contributed by atoms with van der Waals surface area (Å²) in [6.07, 6.45) is 0. The van der Waals surface area contributed by atoms with Gasteiger partial charge in [-0.3, -0.25) is 0 Å². The molecule has 58 heavy (non-hydrogen) atoms. The zero-order chi connectivity index (χ0) is 45.4. The van der Waals surface area contributed by atoms with Crippen molar-refractivity contribution in [3.63, 3.8) is 0 Å². The Bertz CT molecular complexity index is 3670. The standard InChI is InChI=1S/C56H37NO/c1-2-10-38(11-3-1)39-20-22-40(23-21-39)41-24-31-46(32-25-41)57(47-33-26-44(27-34-47)50-17-8-14-42-12-4-6-15-49(42)50)48-35-28-45(29-36-48)51-18-9-19-54-55(51)53-37-30-43-13-5-7-16-52(43)56(53)58-54/h1-37H/i24D,25D,26D,27D,31D,32D,33D,34D. The van der Waals surface area contributed by atoms with Gasteiger partial charge in [-0.2, -0.15) is 0 Å². The van der Waals surface area contributed by atoms with Gasteiger partial charge >= 0.3 is 0 Å². The minimum Gasteiger partial charge on any atom is -0.455 e. The Hall–Kier alpha value is -7.68. The average molecular weight is 748 g/mol. The molecule has 0 aliphatic heterocycles.